The third kappa shape index (κ3) is 1.16. The lowest BCUT2D eigenvalue weighted by atomic mass is 10.5. The molecule has 0 unspecified atom stereocenters. The van der Waals surface area contributed by atoms with Gasteiger partial charge >= 0.3 is 0 Å². The smallest absolute Gasteiger partial charge is 0.278 e. The highest BCUT2D eigenvalue weighted by Crippen LogP contribution is 2.04. The number of hydrogen-bond donors (Lipinski definition) is 3. The van der Waals surface area contributed by atoms with Gasteiger partial charge in [-0.05, 0) is 6.92 Å². The first-order chi connectivity index (χ1) is 6.20. The van der Waals surface area contributed by atoms with E-state index in [2.05, 4.69) is 25.3 Å². The fraction of sp³-hybridized carbons (Fsp3) is 0.286. The monoisotopic (exact) mass is 179 g/mol. The molecule has 0 bridgehead atoms. The van der Waals surface area contributed by atoms with Gasteiger partial charge in [0.05, 0.1) is 0 Å². The summed E-state index contributed by atoms with van der Waals surface area (Å²) in [7, 11) is 1.68. The quantitative estimate of drug-likeness (QED) is 0.575. The molecule has 0 atom stereocenters. The second-order valence-electron chi connectivity index (χ2n) is 2.69. The molecule has 68 valence electrons. The standard InChI is InChI=1S/C7H9N5O/c1-3-9-4-5(10-3)11-7(8-2)12-6(4)13/h1-2H3,(H3,8,9,10,11,12,13). The zero-order chi connectivity index (χ0) is 9.42. The molecule has 3 N–H and O–H groups in total. The van der Waals surface area contributed by atoms with E-state index in [4.69, 9.17) is 0 Å². The highest BCUT2D eigenvalue weighted by Gasteiger charge is 2.05. The van der Waals surface area contributed by atoms with E-state index in [1.54, 1.807) is 14.0 Å². The molecule has 2 heterocycles. The number of aromatic nitrogens is 4. The van der Waals surface area contributed by atoms with Gasteiger partial charge in [-0.2, -0.15) is 4.98 Å². The van der Waals surface area contributed by atoms with Gasteiger partial charge in [0.15, 0.2) is 11.2 Å². The van der Waals surface area contributed by atoms with Crippen molar-refractivity contribution in [2.45, 2.75) is 6.92 Å². The Balaban J connectivity index is 2.83. The first-order valence-corrected chi connectivity index (χ1v) is 3.85. The van der Waals surface area contributed by atoms with Crippen LogP contribution >= 0.6 is 0 Å². The van der Waals surface area contributed by atoms with Crippen LogP contribution in [0.3, 0.4) is 0 Å². The lowest BCUT2D eigenvalue weighted by Crippen LogP contribution is -2.11. The van der Waals surface area contributed by atoms with Gasteiger partial charge in [-0.25, -0.2) is 4.98 Å². The average molecular weight is 179 g/mol. The van der Waals surface area contributed by atoms with Crippen molar-refractivity contribution >= 4 is 17.1 Å². The molecule has 2 aromatic heterocycles. The molecule has 13 heavy (non-hydrogen) atoms. The van der Waals surface area contributed by atoms with Gasteiger partial charge in [-0.3, -0.25) is 9.78 Å². The topological polar surface area (TPSA) is 86.5 Å². The highest BCUT2D eigenvalue weighted by molar-refractivity contribution is 5.70. The molecule has 2 aromatic rings. The largest absolute Gasteiger partial charge is 0.359 e. The van der Waals surface area contributed by atoms with Crippen molar-refractivity contribution in [3.05, 3.63) is 16.2 Å². The summed E-state index contributed by atoms with van der Waals surface area (Å²) in [6.07, 6.45) is 0. The van der Waals surface area contributed by atoms with Crippen molar-refractivity contribution in [2.75, 3.05) is 12.4 Å². The molecule has 0 saturated carbocycles. The van der Waals surface area contributed by atoms with Gasteiger partial charge in [0.2, 0.25) is 5.95 Å². The zero-order valence-electron chi connectivity index (χ0n) is 7.30. The number of fused-ring (bicyclic) bond motifs is 1. The van der Waals surface area contributed by atoms with Gasteiger partial charge in [0, 0.05) is 7.05 Å². The molecule has 0 aliphatic heterocycles. The third-order valence-electron chi connectivity index (χ3n) is 1.72. The van der Waals surface area contributed by atoms with E-state index < -0.39 is 0 Å². The summed E-state index contributed by atoms with van der Waals surface area (Å²) in [5.74, 6) is 1.10. The Hall–Kier alpha value is -1.85. The van der Waals surface area contributed by atoms with Crippen LogP contribution in [-0.2, 0) is 0 Å². The Kier molecular flexibility index (Phi) is 1.54. The van der Waals surface area contributed by atoms with Crippen molar-refractivity contribution < 1.29 is 0 Å². The molecule has 0 saturated heterocycles. The summed E-state index contributed by atoms with van der Waals surface area (Å²) in [6, 6.07) is 0. The van der Waals surface area contributed by atoms with Crippen LogP contribution in [0, 0.1) is 6.92 Å². The van der Waals surface area contributed by atoms with Crippen molar-refractivity contribution in [1.29, 1.82) is 0 Å². The minimum Gasteiger partial charge on any atom is -0.359 e. The van der Waals surface area contributed by atoms with Crippen molar-refractivity contribution in [3.8, 4) is 0 Å². The summed E-state index contributed by atoms with van der Waals surface area (Å²) in [4.78, 5) is 24.9. The summed E-state index contributed by atoms with van der Waals surface area (Å²) in [5, 5.41) is 2.75. The van der Waals surface area contributed by atoms with Crippen LogP contribution in [0.15, 0.2) is 4.79 Å². The van der Waals surface area contributed by atoms with Crippen LogP contribution in [0.5, 0.6) is 0 Å². The van der Waals surface area contributed by atoms with E-state index >= 15 is 0 Å². The van der Waals surface area contributed by atoms with Crippen LogP contribution in [0.1, 0.15) is 5.82 Å². The number of nitrogens with one attached hydrogen (secondary N) is 3. The fourth-order valence-electron chi connectivity index (χ4n) is 1.14. The van der Waals surface area contributed by atoms with E-state index in [1.807, 2.05) is 0 Å². The minimum atomic E-state index is -0.213. The van der Waals surface area contributed by atoms with Crippen molar-refractivity contribution in [1.82, 2.24) is 19.9 Å². The number of hydrogen-bond acceptors (Lipinski definition) is 4. The number of anilines is 1. The number of H-pyrrole nitrogens is 2. The fourth-order valence-corrected chi connectivity index (χ4v) is 1.14. The summed E-state index contributed by atoms with van der Waals surface area (Å²) < 4.78 is 0. The molecule has 6 nitrogen and oxygen atoms in total. The number of rotatable bonds is 1. The number of aromatic amines is 2. The third-order valence-corrected chi connectivity index (χ3v) is 1.72. The van der Waals surface area contributed by atoms with Crippen LogP contribution in [0.25, 0.3) is 11.2 Å². The maximum atomic E-state index is 11.4. The molecule has 0 radical (unpaired) electrons. The molecule has 2 rings (SSSR count). The number of nitrogens with zero attached hydrogens (tertiary/aromatic N) is 2. The molecule has 0 aromatic carbocycles. The lowest BCUT2D eigenvalue weighted by Gasteiger charge is -1.95. The molecule has 0 spiro atoms. The lowest BCUT2D eigenvalue weighted by molar-refractivity contribution is 1.14. The van der Waals surface area contributed by atoms with Crippen LogP contribution in [0.4, 0.5) is 5.95 Å². The SMILES string of the molecule is CNc1nc2nc(C)[nH]c2c(=O)[nH]1. The summed E-state index contributed by atoms with van der Waals surface area (Å²) in [5.41, 5.74) is 0.636. The van der Waals surface area contributed by atoms with Gasteiger partial charge in [0.1, 0.15) is 5.82 Å². The Labute approximate surface area is 73.4 Å². The van der Waals surface area contributed by atoms with Crippen molar-refractivity contribution in [3.63, 3.8) is 0 Å². The first kappa shape index (κ1) is 7.78. The van der Waals surface area contributed by atoms with Gasteiger partial charge in [0.25, 0.3) is 5.56 Å². The Bertz CT molecular complexity index is 497. The van der Waals surface area contributed by atoms with Crippen LogP contribution < -0.4 is 10.9 Å². The molecular formula is C7H9N5O. The molecule has 0 aliphatic carbocycles. The Morgan fingerprint density at radius 2 is 2.08 bits per heavy atom. The second kappa shape index (κ2) is 2.58. The molecule has 0 aliphatic rings. The molecule has 0 fully saturated rings. The predicted molar refractivity (Wildman–Crippen MR) is 48.8 cm³/mol. The minimum absolute atomic E-state index is 0.213. The van der Waals surface area contributed by atoms with Gasteiger partial charge in [-0.1, -0.05) is 0 Å². The van der Waals surface area contributed by atoms with E-state index in [-0.39, 0.29) is 5.56 Å². The van der Waals surface area contributed by atoms with Gasteiger partial charge < -0.3 is 10.3 Å². The number of aryl methyl sites for hydroxylation is 1. The maximum absolute atomic E-state index is 11.4. The first-order valence-electron chi connectivity index (χ1n) is 3.85. The molecule has 6 heteroatoms. The average Bonchev–Trinajstić information content (AvgIpc) is 2.46. The Morgan fingerprint density at radius 3 is 2.77 bits per heavy atom. The predicted octanol–water partition coefficient (Wildman–Crippen LogP) is -0.00368. The molecule has 0 amide bonds. The van der Waals surface area contributed by atoms with E-state index in [0.717, 1.165) is 0 Å². The highest BCUT2D eigenvalue weighted by atomic mass is 16.1. The second-order valence-corrected chi connectivity index (χ2v) is 2.69. The van der Waals surface area contributed by atoms with E-state index in [9.17, 15) is 4.79 Å². The summed E-state index contributed by atoms with van der Waals surface area (Å²) in [6.45, 7) is 1.78. The van der Waals surface area contributed by atoms with Crippen molar-refractivity contribution in [2.24, 2.45) is 0 Å². The normalized spacial score (nSPS) is 10.6. The molecular weight excluding hydrogens is 170 g/mol. The zero-order valence-corrected chi connectivity index (χ0v) is 7.30. The van der Waals surface area contributed by atoms with E-state index in [0.29, 0.717) is 22.9 Å². The van der Waals surface area contributed by atoms with E-state index in [1.165, 1.54) is 0 Å². The summed E-state index contributed by atoms with van der Waals surface area (Å²) >= 11 is 0. The van der Waals surface area contributed by atoms with Crippen LogP contribution in [-0.4, -0.2) is 27.0 Å². The maximum Gasteiger partial charge on any atom is 0.278 e. The van der Waals surface area contributed by atoms with Crippen LogP contribution in [0.2, 0.25) is 0 Å². The number of imidazole rings is 1. The van der Waals surface area contributed by atoms with Gasteiger partial charge in [-0.15, -0.1) is 0 Å². The Morgan fingerprint density at radius 1 is 1.31 bits per heavy atom.